The summed E-state index contributed by atoms with van der Waals surface area (Å²) in [5.74, 6) is 0.343. The van der Waals surface area contributed by atoms with Gasteiger partial charge in [0.05, 0.1) is 11.0 Å². The Morgan fingerprint density at radius 1 is 0.960 bits per heavy atom. The fraction of sp³-hybridized carbons (Fsp3) is 0.0500. The van der Waals surface area contributed by atoms with Gasteiger partial charge < -0.3 is 4.98 Å². The monoisotopic (exact) mass is 329 g/mol. The first-order chi connectivity index (χ1) is 12.3. The van der Waals surface area contributed by atoms with Crippen molar-refractivity contribution in [2.75, 3.05) is 0 Å². The van der Waals surface area contributed by atoms with Crippen molar-refractivity contribution in [2.45, 2.75) is 6.04 Å². The number of H-pyrrole nitrogens is 1. The third-order valence-corrected chi connectivity index (χ3v) is 4.72. The van der Waals surface area contributed by atoms with Gasteiger partial charge in [0, 0.05) is 5.56 Å². The van der Waals surface area contributed by atoms with Crippen LogP contribution in [-0.4, -0.2) is 9.97 Å². The summed E-state index contributed by atoms with van der Waals surface area (Å²) >= 11 is 0. The molecule has 4 aromatic rings. The molecule has 1 N–H and O–H groups in total. The molecule has 0 saturated heterocycles. The summed E-state index contributed by atoms with van der Waals surface area (Å²) in [7, 11) is 0. The second kappa shape index (κ2) is 5.08. The van der Waals surface area contributed by atoms with E-state index in [4.69, 9.17) is 0 Å². The van der Waals surface area contributed by atoms with E-state index in [1.165, 1.54) is 12.1 Å². The van der Waals surface area contributed by atoms with Crippen LogP contribution in [0.4, 0.5) is 4.39 Å². The lowest BCUT2D eigenvalue weighted by atomic mass is 9.99. The van der Waals surface area contributed by atoms with Crippen molar-refractivity contribution in [3.05, 3.63) is 82.5 Å². The van der Waals surface area contributed by atoms with Gasteiger partial charge >= 0.3 is 0 Å². The summed E-state index contributed by atoms with van der Waals surface area (Å²) in [6.45, 7) is 0. The molecule has 1 aliphatic carbocycles. The van der Waals surface area contributed by atoms with E-state index in [0.717, 1.165) is 27.8 Å². The second-order valence-corrected chi connectivity index (χ2v) is 6.11. The standard InChI is InChI=1S/C20H12FN3O/c21-11-8-9-16-17(10-11)23-20(22-16)15-7-3-6-14-18(15)12-4-1-2-5-13(12)19(14)24-25/h1-10,19H,(H,22,23). The highest BCUT2D eigenvalue weighted by Gasteiger charge is 2.31. The van der Waals surface area contributed by atoms with E-state index in [0.29, 0.717) is 16.9 Å². The Bertz CT molecular complexity index is 1150. The summed E-state index contributed by atoms with van der Waals surface area (Å²) in [6.07, 6.45) is 0. The Kier molecular flexibility index (Phi) is 2.85. The number of fused-ring (bicyclic) bond motifs is 4. The average Bonchev–Trinajstić information content (AvgIpc) is 3.19. The van der Waals surface area contributed by atoms with Gasteiger partial charge in [-0.1, -0.05) is 47.6 Å². The summed E-state index contributed by atoms with van der Waals surface area (Å²) < 4.78 is 13.5. The molecule has 0 amide bonds. The van der Waals surface area contributed by atoms with Crippen molar-refractivity contribution < 1.29 is 4.39 Å². The molecular formula is C20H12FN3O. The third-order valence-electron chi connectivity index (χ3n) is 4.72. The number of imidazole rings is 1. The normalized spacial score (nSPS) is 15.2. The topological polar surface area (TPSA) is 58.1 Å². The molecule has 1 unspecified atom stereocenters. The van der Waals surface area contributed by atoms with Crippen molar-refractivity contribution in [2.24, 2.45) is 5.18 Å². The fourth-order valence-corrected chi connectivity index (χ4v) is 3.65. The Hall–Kier alpha value is -3.34. The molecule has 25 heavy (non-hydrogen) atoms. The van der Waals surface area contributed by atoms with Crippen molar-refractivity contribution in [1.29, 1.82) is 0 Å². The van der Waals surface area contributed by atoms with Gasteiger partial charge in [-0.05, 0) is 40.5 Å². The molecule has 0 spiro atoms. The molecule has 4 nitrogen and oxygen atoms in total. The second-order valence-electron chi connectivity index (χ2n) is 6.11. The largest absolute Gasteiger partial charge is 0.338 e. The van der Waals surface area contributed by atoms with E-state index in [-0.39, 0.29) is 5.82 Å². The zero-order chi connectivity index (χ0) is 17.0. The molecular weight excluding hydrogens is 317 g/mol. The fourth-order valence-electron chi connectivity index (χ4n) is 3.65. The predicted octanol–water partition coefficient (Wildman–Crippen LogP) is 5.21. The molecule has 0 bridgehead atoms. The minimum Gasteiger partial charge on any atom is -0.338 e. The number of aromatic amines is 1. The highest BCUT2D eigenvalue weighted by molar-refractivity contribution is 5.91. The Balaban J connectivity index is 1.80. The van der Waals surface area contributed by atoms with Gasteiger partial charge in [-0.2, -0.15) is 0 Å². The number of halogens is 1. The van der Waals surface area contributed by atoms with E-state index >= 15 is 0 Å². The SMILES string of the molecule is O=NC1c2ccccc2-c2c(-c3nc4ccc(F)cc4[nH]3)cccc21. The summed E-state index contributed by atoms with van der Waals surface area (Å²) in [5, 5.41) is 3.33. The minimum atomic E-state index is -0.507. The number of nitroso groups, excluding NO2 is 1. The van der Waals surface area contributed by atoms with E-state index < -0.39 is 6.04 Å². The number of nitrogens with one attached hydrogen (secondary N) is 1. The van der Waals surface area contributed by atoms with Crippen LogP contribution < -0.4 is 0 Å². The molecule has 1 aliphatic rings. The van der Waals surface area contributed by atoms with Crippen LogP contribution in [0.3, 0.4) is 0 Å². The van der Waals surface area contributed by atoms with Gasteiger partial charge in [0.2, 0.25) is 0 Å². The molecule has 5 rings (SSSR count). The zero-order valence-corrected chi connectivity index (χ0v) is 13.0. The van der Waals surface area contributed by atoms with Crippen LogP contribution >= 0.6 is 0 Å². The van der Waals surface area contributed by atoms with Gasteiger partial charge in [0.1, 0.15) is 17.7 Å². The van der Waals surface area contributed by atoms with Crippen LogP contribution in [0.25, 0.3) is 33.5 Å². The summed E-state index contributed by atoms with van der Waals surface area (Å²) in [5.41, 5.74) is 5.95. The molecule has 120 valence electrons. The van der Waals surface area contributed by atoms with Crippen LogP contribution in [0.5, 0.6) is 0 Å². The summed E-state index contributed by atoms with van der Waals surface area (Å²) in [6, 6.07) is 17.5. The molecule has 3 aromatic carbocycles. The van der Waals surface area contributed by atoms with Crippen LogP contribution in [-0.2, 0) is 0 Å². The molecule has 1 aromatic heterocycles. The molecule has 1 atom stereocenters. The van der Waals surface area contributed by atoms with E-state index in [2.05, 4.69) is 15.1 Å². The maximum absolute atomic E-state index is 13.5. The lowest BCUT2D eigenvalue weighted by Gasteiger charge is -2.07. The van der Waals surface area contributed by atoms with Gasteiger partial charge in [0.25, 0.3) is 0 Å². The van der Waals surface area contributed by atoms with Crippen LogP contribution in [0.15, 0.2) is 65.8 Å². The Morgan fingerprint density at radius 2 is 1.76 bits per heavy atom. The number of hydrogen-bond acceptors (Lipinski definition) is 3. The van der Waals surface area contributed by atoms with Gasteiger partial charge in [0.15, 0.2) is 0 Å². The number of hydrogen-bond donors (Lipinski definition) is 1. The number of benzene rings is 3. The highest BCUT2D eigenvalue weighted by Crippen LogP contribution is 2.49. The van der Waals surface area contributed by atoms with Gasteiger partial charge in [-0.15, -0.1) is 4.91 Å². The first-order valence-corrected chi connectivity index (χ1v) is 7.96. The predicted molar refractivity (Wildman–Crippen MR) is 94.6 cm³/mol. The molecule has 0 fully saturated rings. The van der Waals surface area contributed by atoms with Crippen molar-refractivity contribution in [3.63, 3.8) is 0 Å². The third kappa shape index (κ3) is 1.96. The molecule has 0 saturated carbocycles. The summed E-state index contributed by atoms with van der Waals surface area (Å²) in [4.78, 5) is 19.2. The lowest BCUT2D eigenvalue weighted by Crippen LogP contribution is -1.91. The van der Waals surface area contributed by atoms with E-state index in [1.54, 1.807) is 6.07 Å². The molecule has 1 heterocycles. The van der Waals surface area contributed by atoms with Crippen LogP contribution in [0, 0.1) is 10.7 Å². The van der Waals surface area contributed by atoms with Gasteiger partial charge in [-0.3, -0.25) is 0 Å². The van der Waals surface area contributed by atoms with Crippen molar-refractivity contribution in [3.8, 4) is 22.5 Å². The van der Waals surface area contributed by atoms with Crippen molar-refractivity contribution in [1.82, 2.24) is 9.97 Å². The van der Waals surface area contributed by atoms with Crippen LogP contribution in [0.2, 0.25) is 0 Å². The van der Waals surface area contributed by atoms with Gasteiger partial charge in [-0.25, -0.2) is 9.37 Å². The molecule has 5 heteroatoms. The zero-order valence-electron chi connectivity index (χ0n) is 13.0. The lowest BCUT2D eigenvalue weighted by molar-refractivity contribution is 0.629. The highest BCUT2D eigenvalue weighted by atomic mass is 19.1. The number of nitrogens with zero attached hydrogens (tertiary/aromatic N) is 2. The van der Waals surface area contributed by atoms with E-state index in [9.17, 15) is 9.30 Å². The maximum atomic E-state index is 13.5. The Labute approximate surface area is 142 Å². The van der Waals surface area contributed by atoms with E-state index in [1.807, 2.05) is 42.5 Å². The Morgan fingerprint density at radius 3 is 2.64 bits per heavy atom. The number of aromatic nitrogens is 2. The quantitative estimate of drug-likeness (QED) is 0.514. The minimum absolute atomic E-state index is 0.309. The average molecular weight is 329 g/mol. The number of rotatable bonds is 2. The first-order valence-electron chi connectivity index (χ1n) is 7.96. The van der Waals surface area contributed by atoms with Crippen LogP contribution in [0.1, 0.15) is 17.2 Å². The smallest absolute Gasteiger partial charge is 0.143 e. The molecule has 0 radical (unpaired) electrons. The van der Waals surface area contributed by atoms with Crippen molar-refractivity contribution >= 4 is 11.0 Å². The molecule has 0 aliphatic heterocycles. The first kappa shape index (κ1) is 14.0. The maximum Gasteiger partial charge on any atom is 0.143 e.